The van der Waals surface area contributed by atoms with Crippen molar-refractivity contribution in [1.29, 1.82) is 0 Å². The first-order valence-electron chi connectivity index (χ1n) is 11.5. The summed E-state index contributed by atoms with van der Waals surface area (Å²) in [5.74, 6) is -0.0574. The van der Waals surface area contributed by atoms with Crippen LogP contribution in [0.1, 0.15) is 47.3 Å². The first-order chi connectivity index (χ1) is 16.8. The lowest BCUT2D eigenvalue weighted by Gasteiger charge is -2.20. The van der Waals surface area contributed by atoms with Gasteiger partial charge in [0, 0.05) is 18.1 Å². The Morgan fingerprint density at radius 2 is 1.77 bits per heavy atom. The highest BCUT2D eigenvalue weighted by Gasteiger charge is 2.19. The molecule has 0 aliphatic heterocycles. The molecule has 184 valence electrons. The molecule has 0 amide bonds. The van der Waals surface area contributed by atoms with Crippen molar-refractivity contribution in [3.8, 4) is 5.75 Å². The number of ether oxygens (including phenoxy) is 1. The topological polar surface area (TPSA) is 80.2 Å². The van der Waals surface area contributed by atoms with Crippen LogP contribution in [0.5, 0.6) is 5.75 Å². The van der Waals surface area contributed by atoms with Crippen LogP contribution in [-0.2, 0) is 22.8 Å². The number of carbonyl (C=O) groups is 1. The third-order valence-electron chi connectivity index (χ3n) is 5.57. The SMILES string of the molecule is CC(=NOCc1ccc(CNCCC(=O)O)cc1)C(Oc1ccc(C)c(C)c1)c1cccc(Cl)c1. The lowest BCUT2D eigenvalue weighted by atomic mass is 10.1. The van der Waals surface area contributed by atoms with Gasteiger partial charge in [-0.2, -0.15) is 0 Å². The zero-order chi connectivity index (χ0) is 25.2. The minimum absolute atomic E-state index is 0.104. The van der Waals surface area contributed by atoms with Gasteiger partial charge in [0.15, 0.2) is 6.10 Å². The molecular weight excluding hydrogens is 464 g/mol. The molecular formula is C28H31ClN2O4. The van der Waals surface area contributed by atoms with Gasteiger partial charge >= 0.3 is 5.97 Å². The largest absolute Gasteiger partial charge is 0.481 e. The molecule has 3 rings (SSSR count). The molecule has 0 aliphatic carbocycles. The third-order valence-corrected chi connectivity index (χ3v) is 5.81. The van der Waals surface area contributed by atoms with Crippen molar-refractivity contribution in [3.05, 3.63) is 99.6 Å². The van der Waals surface area contributed by atoms with Crippen molar-refractivity contribution in [2.24, 2.45) is 5.16 Å². The Morgan fingerprint density at radius 1 is 1.03 bits per heavy atom. The molecule has 2 N–H and O–H groups in total. The van der Waals surface area contributed by atoms with Crippen molar-refractivity contribution in [2.45, 2.75) is 46.4 Å². The van der Waals surface area contributed by atoms with E-state index < -0.39 is 12.1 Å². The summed E-state index contributed by atoms with van der Waals surface area (Å²) in [5, 5.41) is 16.8. The number of rotatable bonds is 12. The highest BCUT2D eigenvalue weighted by atomic mass is 35.5. The molecule has 6 nitrogen and oxygen atoms in total. The third kappa shape index (κ3) is 8.42. The van der Waals surface area contributed by atoms with E-state index in [1.54, 1.807) is 0 Å². The average Bonchev–Trinajstić information content (AvgIpc) is 2.83. The van der Waals surface area contributed by atoms with E-state index in [0.717, 1.165) is 28.0 Å². The van der Waals surface area contributed by atoms with Gasteiger partial charge in [0.05, 0.1) is 12.1 Å². The number of hydrogen-bond donors (Lipinski definition) is 2. The van der Waals surface area contributed by atoms with Gasteiger partial charge in [-0.3, -0.25) is 4.79 Å². The lowest BCUT2D eigenvalue weighted by Crippen LogP contribution is -2.17. The minimum Gasteiger partial charge on any atom is -0.481 e. The van der Waals surface area contributed by atoms with Crippen molar-refractivity contribution in [1.82, 2.24) is 5.32 Å². The normalized spacial score (nSPS) is 12.3. The Balaban J connectivity index is 1.64. The molecule has 0 aromatic heterocycles. The number of hydrogen-bond acceptors (Lipinski definition) is 5. The quantitative estimate of drug-likeness (QED) is 0.177. The van der Waals surface area contributed by atoms with Crippen LogP contribution in [0.25, 0.3) is 0 Å². The van der Waals surface area contributed by atoms with E-state index in [1.807, 2.05) is 73.7 Å². The van der Waals surface area contributed by atoms with Crippen molar-refractivity contribution in [3.63, 3.8) is 0 Å². The molecule has 7 heteroatoms. The van der Waals surface area contributed by atoms with E-state index in [-0.39, 0.29) is 6.42 Å². The van der Waals surface area contributed by atoms with Crippen LogP contribution in [-0.4, -0.2) is 23.3 Å². The van der Waals surface area contributed by atoms with Gasteiger partial charge in [0.2, 0.25) is 0 Å². The van der Waals surface area contributed by atoms with Crippen LogP contribution in [0.3, 0.4) is 0 Å². The van der Waals surface area contributed by atoms with Gasteiger partial charge in [0.1, 0.15) is 12.4 Å². The predicted molar refractivity (Wildman–Crippen MR) is 139 cm³/mol. The molecule has 0 aliphatic rings. The predicted octanol–water partition coefficient (Wildman–Crippen LogP) is 6.23. The fourth-order valence-electron chi connectivity index (χ4n) is 3.43. The Morgan fingerprint density at radius 3 is 2.46 bits per heavy atom. The van der Waals surface area contributed by atoms with Gasteiger partial charge < -0.3 is 20.0 Å². The molecule has 0 fully saturated rings. The van der Waals surface area contributed by atoms with Crippen molar-refractivity contribution < 1.29 is 19.5 Å². The maximum absolute atomic E-state index is 10.6. The van der Waals surface area contributed by atoms with Gasteiger partial charge in [0.25, 0.3) is 0 Å². The summed E-state index contributed by atoms with van der Waals surface area (Å²) >= 11 is 6.24. The van der Waals surface area contributed by atoms with E-state index in [9.17, 15) is 4.79 Å². The van der Waals surface area contributed by atoms with Crippen LogP contribution >= 0.6 is 11.6 Å². The van der Waals surface area contributed by atoms with Gasteiger partial charge in [-0.05, 0) is 72.9 Å². The van der Waals surface area contributed by atoms with Crippen molar-refractivity contribution >= 4 is 23.3 Å². The highest BCUT2D eigenvalue weighted by molar-refractivity contribution is 6.30. The molecule has 0 bridgehead atoms. The molecule has 1 unspecified atom stereocenters. The molecule has 0 radical (unpaired) electrons. The van der Waals surface area contributed by atoms with Crippen LogP contribution in [0.4, 0.5) is 0 Å². The molecule has 3 aromatic carbocycles. The monoisotopic (exact) mass is 494 g/mol. The summed E-state index contributed by atoms with van der Waals surface area (Å²) in [5.41, 5.74) is 5.96. The van der Waals surface area contributed by atoms with E-state index >= 15 is 0 Å². The zero-order valence-electron chi connectivity index (χ0n) is 20.3. The summed E-state index contributed by atoms with van der Waals surface area (Å²) in [6.45, 7) is 7.36. The smallest absolute Gasteiger partial charge is 0.304 e. The minimum atomic E-state index is -0.808. The van der Waals surface area contributed by atoms with Crippen molar-refractivity contribution in [2.75, 3.05) is 6.54 Å². The number of aryl methyl sites for hydroxylation is 2. The summed E-state index contributed by atoms with van der Waals surface area (Å²) in [7, 11) is 0. The number of halogens is 1. The summed E-state index contributed by atoms with van der Waals surface area (Å²) in [6.07, 6.45) is -0.345. The molecule has 0 saturated heterocycles. The standard InChI is InChI=1S/C28H31ClN2O4/c1-19-7-12-26(15-20(19)2)35-28(24-5-4-6-25(29)16-24)21(3)31-34-18-23-10-8-22(9-11-23)17-30-14-13-27(32)33/h4-12,15-16,28,30H,13-14,17-18H2,1-3H3,(H,32,33). The number of carboxylic acid groups (broad SMARTS) is 1. The van der Waals surface area contributed by atoms with E-state index in [0.29, 0.717) is 30.4 Å². The first kappa shape index (κ1) is 26.3. The second-order valence-electron chi connectivity index (χ2n) is 8.44. The Labute approximate surface area is 211 Å². The molecule has 3 aromatic rings. The van der Waals surface area contributed by atoms with E-state index in [2.05, 4.69) is 24.3 Å². The fraction of sp³-hybridized carbons (Fsp3) is 0.286. The molecule has 0 heterocycles. The van der Waals surface area contributed by atoms with Gasteiger partial charge in [-0.25, -0.2) is 0 Å². The number of nitrogens with zero attached hydrogens (tertiary/aromatic N) is 1. The van der Waals surface area contributed by atoms with Crippen LogP contribution in [0.15, 0.2) is 71.9 Å². The summed E-state index contributed by atoms with van der Waals surface area (Å²) in [4.78, 5) is 16.2. The Bertz CT molecular complexity index is 1160. The second-order valence-corrected chi connectivity index (χ2v) is 8.88. The van der Waals surface area contributed by atoms with Crippen LogP contribution in [0, 0.1) is 13.8 Å². The van der Waals surface area contributed by atoms with Gasteiger partial charge in [-0.15, -0.1) is 0 Å². The molecule has 35 heavy (non-hydrogen) atoms. The lowest BCUT2D eigenvalue weighted by molar-refractivity contribution is -0.136. The summed E-state index contributed by atoms with van der Waals surface area (Å²) < 4.78 is 6.32. The van der Waals surface area contributed by atoms with Gasteiger partial charge in [-0.1, -0.05) is 59.2 Å². The van der Waals surface area contributed by atoms with E-state index in [1.165, 1.54) is 5.56 Å². The zero-order valence-corrected chi connectivity index (χ0v) is 21.0. The van der Waals surface area contributed by atoms with E-state index in [4.69, 9.17) is 26.3 Å². The van der Waals surface area contributed by atoms with Crippen LogP contribution in [0.2, 0.25) is 5.02 Å². The number of benzene rings is 3. The molecule has 0 saturated carbocycles. The molecule has 0 spiro atoms. The Hall–Kier alpha value is -3.35. The number of aliphatic carboxylic acids is 1. The fourth-order valence-corrected chi connectivity index (χ4v) is 3.62. The summed E-state index contributed by atoms with van der Waals surface area (Å²) in [6, 6.07) is 21.5. The number of nitrogens with one attached hydrogen (secondary N) is 1. The average molecular weight is 495 g/mol. The van der Waals surface area contributed by atoms with Crippen LogP contribution < -0.4 is 10.1 Å². The first-order valence-corrected chi connectivity index (χ1v) is 11.9. The Kier molecular flexibility index (Phi) is 9.70. The molecule has 1 atom stereocenters. The maximum Gasteiger partial charge on any atom is 0.304 e. The number of oxime groups is 1. The second kappa shape index (κ2) is 12.9. The maximum atomic E-state index is 10.6. The highest BCUT2D eigenvalue weighted by Crippen LogP contribution is 2.27. The number of carboxylic acids is 1.